The lowest BCUT2D eigenvalue weighted by molar-refractivity contribution is -0.115. The second-order valence-corrected chi connectivity index (χ2v) is 5.55. The molecule has 2 amide bonds. The van der Waals surface area contributed by atoms with Crippen LogP contribution in [0.15, 0.2) is 36.4 Å². The summed E-state index contributed by atoms with van der Waals surface area (Å²) in [5.74, 6) is 0.852. The molecule has 118 valence electrons. The minimum absolute atomic E-state index is 0.0980. The Kier molecular flexibility index (Phi) is 3.78. The molecule has 0 unspecified atom stereocenters. The number of aryl methyl sites for hydroxylation is 1. The largest absolute Gasteiger partial charge is 0.454 e. The van der Waals surface area contributed by atoms with Gasteiger partial charge in [0.15, 0.2) is 5.75 Å². The van der Waals surface area contributed by atoms with Gasteiger partial charge in [0.25, 0.3) is 5.91 Å². The standard InChI is InChI=1S/C18H18N2O3/c1-4-17(21)19-12-6-8-15-13(10-12)18(22)20(3)14-9-11(2)5-7-16(14)23-15/h5-10H,4H2,1-3H3,(H,19,21). The van der Waals surface area contributed by atoms with Gasteiger partial charge in [-0.05, 0) is 42.8 Å². The van der Waals surface area contributed by atoms with Gasteiger partial charge in [0.1, 0.15) is 5.75 Å². The number of carbonyl (C=O) groups is 2. The molecule has 0 atom stereocenters. The zero-order valence-corrected chi connectivity index (χ0v) is 13.3. The smallest absolute Gasteiger partial charge is 0.261 e. The number of anilines is 2. The summed E-state index contributed by atoms with van der Waals surface area (Å²) in [5, 5.41) is 2.76. The van der Waals surface area contributed by atoms with E-state index in [0.717, 1.165) is 11.3 Å². The van der Waals surface area contributed by atoms with Crippen molar-refractivity contribution in [2.24, 2.45) is 0 Å². The summed E-state index contributed by atoms with van der Waals surface area (Å²) >= 11 is 0. The highest BCUT2D eigenvalue weighted by atomic mass is 16.5. The molecule has 0 bridgehead atoms. The van der Waals surface area contributed by atoms with E-state index in [9.17, 15) is 9.59 Å². The zero-order chi connectivity index (χ0) is 16.6. The quantitative estimate of drug-likeness (QED) is 0.919. The molecular formula is C18H18N2O3. The Morgan fingerprint density at radius 2 is 1.91 bits per heavy atom. The Labute approximate surface area is 134 Å². The maximum Gasteiger partial charge on any atom is 0.261 e. The molecule has 1 aliphatic rings. The average molecular weight is 310 g/mol. The summed E-state index contributed by atoms with van der Waals surface area (Å²) in [6, 6.07) is 10.8. The van der Waals surface area contributed by atoms with Gasteiger partial charge in [0.2, 0.25) is 5.91 Å². The van der Waals surface area contributed by atoms with Crippen LogP contribution in [0, 0.1) is 6.92 Å². The third-order valence-electron chi connectivity index (χ3n) is 3.82. The first kappa shape index (κ1) is 15.1. The molecule has 0 fully saturated rings. The molecule has 0 spiro atoms. The molecule has 0 saturated carbocycles. The number of nitrogens with one attached hydrogen (secondary N) is 1. The Bertz CT molecular complexity index is 799. The van der Waals surface area contributed by atoms with E-state index in [-0.39, 0.29) is 11.8 Å². The van der Waals surface area contributed by atoms with Crippen LogP contribution in [-0.2, 0) is 4.79 Å². The summed E-state index contributed by atoms with van der Waals surface area (Å²) in [5.41, 5.74) is 2.79. The SMILES string of the molecule is CCC(=O)Nc1ccc2c(c1)C(=O)N(C)c1cc(C)ccc1O2. The third kappa shape index (κ3) is 2.77. The summed E-state index contributed by atoms with van der Waals surface area (Å²) in [7, 11) is 1.72. The van der Waals surface area contributed by atoms with Crippen molar-refractivity contribution in [3.63, 3.8) is 0 Å². The fraction of sp³-hybridized carbons (Fsp3) is 0.222. The maximum atomic E-state index is 12.8. The lowest BCUT2D eigenvalue weighted by atomic mass is 10.1. The number of amides is 2. The van der Waals surface area contributed by atoms with Crippen LogP contribution in [0.1, 0.15) is 29.3 Å². The number of hydrogen-bond acceptors (Lipinski definition) is 3. The lowest BCUT2D eigenvalue weighted by Crippen LogP contribution is -2.25. The van der Waals surface area contributed by atoms with Crippen LogP contribution >= 0.6 is 0 Å². The van der Waals surface area contributed by atoms with Crippen LogP contribution < -0.4 is 15.0 Å². The molecule has 3 rings (SSSR count). The summed E-state index contributed by atoms with van der Waals surface area (Å²) in [6.07, 6.45) is 0.381. The summed E-state index contributed by atoms with van der Waals surface area (Å²) < 4.78 is 5.91. The molecule has 2 aromatic rings. The zero-order valence-electron chi connectivity index (χ0n) is 13.3. The predicted molar refractivity (Wildman–Crippen MR) is 89.3 cm³/mol. The summed E-state index contributed by atoms with van der Waals surface area (Å²) in [6.45, 7) is 3.74. The van der Waals surface area contributed by atoms with Gasteiger partial charge in [-0.2, -0.15) is 0 Å². The van der Waals surface area contributed by atoms with Crippen LogP contribution in [0.3, 0.4) is 0 Å². The molecule has 1 aliphatic heterocycles. The topological polar surface area (TPSA) is 58.6 Å². The number of nitrogens with zero attached hydrogens (tertiary/aromatic N) is 1. The van der Waals surface area contributed by atoms with Gasteiger partial charge in [0, 0.05) is 19.2 Å². The van der Waals surface area contributed by atoms with Gasteiger partial charge in [-0.3, -0.25) is 9.59 Å². The van der Waals surface area contributed by atoms with Crippen LogP contribution in [0.4, 0.5) is 11.4 Å². The van der Waals surface area contributed by atoms with Gasteiger partial charge >= 0.3 is 0 Å². The van der Waals surface area contributed by atoms with Crippen LogP contribution in [0.25, 0.3) is 0 Å². The molecule has 5 nitrogen and oxygen atoms in total. The highest BCUT2D eigenvalue weighted by Gasteiger charge is 2.26. The predicted octanol–water partition coefficient (Wildman–Crippen LogP) is 3.73. The molecule has 1 heterocycles. The highest BCUT2D eigenvalue weighted by molar-refractivity contribution is 6.10. The van der Waals surface area contributed by atoms with Crippen molar-refractivity contribution < 1.29 is 14.3 Å². The van der Waals surface area contributed by atoms with Gasteiger partial charge in [-0.25, -0.2) is 0 Å². The molecule has 0 aliphatic carbocycles. The fourth-order valence-electron chi connectivity index (χ4n) is 2.50. The van der Waals surface area contributed by atoms with Crippen LogP contribution in [0.2, 0.25) is 0 Å². The lowest BCUT2D eigenvalue weighted by Gasteiger charge is -2.16. The van der Waals surface area contributed by atoms with Crippen LogP contribution in [-0.4, -0.2) is 18.9 Å². The van der Waals surface area contributed by atoms with E-state index in [1.807, 2.05) is 25.1 Å². The first-order chi connectivity index (χ1) is 11.0. The number of carbonyl (C=O) groups excluding carboxylic acids is 2. The van der Waals surface area contributed by atoms with E-state index in [0.29, 0.717) is 29.2 Å². The van der Waals surface area contributed by atoms with Crippen molar-refractivity contribution in [1.82, 2.24) is 0 Å². The molecule has 0 radical (unpaired) electrons. The Hall–Kier alpha value is -2.82. The Morgan fingerprint density at radius 1 is 1.17 bits per heavy atom. The van der Waals surface area contributed by atoms with Crippen molar-refractivity contribution in [3.05, 3.63) is 47.5 Å². The molecule has 0 saturated heterocycles. The monoisotopic (exact) mass is 310 g/mol. The van der Waals surface area contributed by atoms with Gasteiger partial charge in [-0.1, -0.05) is 13.0 Å². The molecule has 1 N–H and O–H groups in total. The first-order valence-electron chi connectivity index (χ1n) is 7.50. The van der Waals surface area contributed by atoms with Crippen molar-refractivity contribution in [3.8, 4) is 11.5 Å². The van der Waals surface area contributed by atoms with Gasteiger partial charge in [-0.15, -0.1) is 0 Å². The van der Waals surface area contributed by atoms with E-state index in [4.69, 9.17) is 4.74 Å². The minimum Gasteiger partial charge on any atom is -0.454 e. The normalized spacial score (nSPS) is 12.8. The Balaban J connectivity index is 2.05. The van der Waals surface area contributed by atoms with E-state index in [1.165, 1.54) is 0 Å². The number of ether oxygens (including phenoxy) is 1. The number of fused-ring (bicyclic) bond motifs is 2. The van der Waals surface area contributed by atoms with E-state index in [1.54, 1.807) is 37.1 Å². The third-order valence-corrected chi connectivity index (χ3v) is 3.82. The second kappa shape index (κ2) is 5.76. The molecular weight excluding hydrogens is 292 g/mol. The fourth-order valence-corrected chi connectivity index (χ4v) is 2.50. The van der Waals surface area contributed by atoms with Gasteiger partial charge < -0.3 is 15.0 Å². The van der Waals surface area contributed by atoms with E-state index in [2.05, 4.69) is 5.32 Å². The summed E-state index contributed by atoms with van der Waals surface area (Å²) in [4.78, 5) is 25.9. The van der Waals surface area contributed by atoms with E-state index < -0.39 is 0 Å². The minimum atomic E-state index is -0.169. The van der Waals surface area contributed by atoms with Crippen molar-refractivity contribution >= 4 is 23.2 Å². The molecule has 0 aromatic heterocycles. The molecule has 2 aromatic carbocycles. The molecule has 23 heavy (non-hydrogen) atoms. The highest BCUT2D eigenvalue weighted by Crippen LogP contribution is 2.39. The first-order valence-corrected chi connectivity index (χ1v) is 7.50. The van der Waals surface area contributed by atoms with Crippen molar-refractivity contribution in [1.29, 1.82) is 0 Å². The number of hydrogen-bond donors (Lipinski definition) is 1. The van der Waals surface area contributed by atoms with Crippen LogP contribution in [0.5, 0.6) is 11.5 Å². The van der Waals surface area contributed by atoms with Crippen molar-refractivity contribution in [2.75, 3.05) is 17.3 Å². The molecule has 5 heteroatoms. The Morgan fingerprint density at radius 3 is 2.65 bits per heavy atom. The number of benzene rings is 2. The average Bonchev–Trinajstić information content (AvgIpc) is 2.64. The van der Waals surface area contributed by atoms with E-state index >= 15 is 0 Å². The number of rotatable bonds is 2. The maximum absolute atomic E-state index is 12.8. The second-order valence-electron chi connectivity index (χ2n) is 5.55. The van der Waals surface area contributed by atoms with Gasteiger partial charge in [0.05, 0.1) is 11.3 Å². The van der Waals surface area contributed by atoms with Crippen molar-refractivity contribution in [2.45, 2.75) is 20.3 Å².